The van der Waals surface area contributed by atoms with Crippen LogP contribution in [0.4, 0.5) is 11.6 Å². The maximum atomic E-state index is 11.9. The molecule has 0 radical (unpaired) electrons. The van der Waals surface area contributed by atoms with Crippen LogP contribution >= 0.6 is 0 Å². The molecule has 0 aliphatic rings. The molecular formula is C12H13N5O. The minimum absolute atomic E-state index is 0.249. The fourth-order valence-corrected chi connectivity index (χ4v) is 1.37. The zero-order chi connectivity index (χ0) is 13.0. The monoisotopic (exact) mass is 243 g/mol. The van der Waals surface area contributed by atoms with Crippen LogP contribution in [-0.4, -0.2) is 28.1 Å². The highest BCUT2D eigenvalue weighted by atomic mass is 16.2. The molecule has 0 saturated carbocycles. The maximum absolute atomic E-state index is 11.9. The molecule has 18 heavy (non-hydrogen) atoms. The average Bonchev–Trinajstić information content (AvgIpc) is 2.41. The number of aromatic nitrogens is 3. The highest BCUT2D eigenvalue weighted by molar-refractivity contribution is 6.02. The molecule has 0 atom stereocenters. The van der Waals surface area contributed by atoms with Gasteiger partial charge in [0, 0.05) is 13.2 Å². The molecule has 0 unspecified atom stereocenters. The van der Waals surface area contributed by atoms with Crippen LogP contribution in [0.15, 0.2) is 30.5 Å². The van der Waals surface area contributed by atoms with E-state index in [-0.39, 0.29) is 11.6 Å². The lowest BCUT2D eigenvalue weighted by atomic mass is 10.3. The van der Waals surface area contributed by atoms with Crippen molar-refractivity contribution in [3.8, 4) is 0 Å². The maximum Gasteiger partial charge on any atom is 0.277 e. The van der Waals surface area contributed by atoms with Crippen LogP contribution in [0.1, 0.15) is 16.1 Å². The molecule has 2 rings (SSSR count). The summed E-state index contributed by atoms with van der Waals surface area (Å²) < 4.78 is 0. The molecular weight excluding hydrogens is 230 g/mol. The summed E-state index contributed by atoms with van der Waals surface area (Å²) >= 11 is 0. The number of carbonyl (C=O) groups excluding carboxylic acids is 1. The third-order valence-electron chi connectivity index (χ3n) is 2.39. The SMILES string of the molecule is CNc1ccc(C(=O)Nc2ncccc2C)nn1. The predicted molar refractivity (Wildman–Crippen MR) is 68.5 cm³/mol. The Kier molecular flexibility index (Phi) is 3.47. The number of carbonyl (C=O) groups is 1. The Hall–Kier alpha value is -2.50. The molecule has 92 valence electrons. The number of hydrogen-bond donors (Lipinski definition) is 2. The van der Waals surface area contributed by atoms with E-state index in [1.165, 1.54) is 0 Å². The van der Waals surface area contributed by atoms with Gasteiger partial charge in [0.05, 0.1) is 0 Å². The summed E-state index contributed by atoms with van der Waals surface area (Å²) in [6.07, 6.45) is 1.62. The lowest BCUT2D eigenvalue weighted by Gasteiger charge is -2.06. The highest BCUT2D eigenvalue weighted by Crippen LogP contribution is 2.10. The zero-order valence-electron chi connectivity index (χ0n) is 10.1. The first kappa shape index (κ1) is 12.0. The zero-order valence-corrected chi connectivity index (χ0v) is 10.1. The van der Waals surface area contributed by atoms with Gasteiger partial charge >= 0.3 is 0 Å². The number of nitrogens with one attached hydrogen (secondary N) is 2. The molecule has 0 saturated heterocycles. The smallest absolute Gasteiger partial charge is 0.277 e. The minimum Gasteiger partial charge on any atom is -0.372 e. The van der Waals surface area contributed by atoms with E-state index < -0.39 is 0 Å². The third-order valence-corrected chi connectivity index (χ3v) is 2.39. The van der Waals surface area contributed by atoms with Gasteiger partial charge in [0.15, 0.2) is 5.69 Å². The lowest BCUT2D eigenvalue weighted by molar-refractivity contribution is 0.102. The Morgan fingerprint density at radius 2 is 2.06 bits per heavy atom. The number of nitrogens with zero attached hydrogens (tertiary/aromatic N) is 3. The second kappa shape index (κ2) is 5.22. The molecule has 2 aromatic rings. The molecule has 0 bridgehead atoms. The van der Waals surface area contributed by atoms with Crippen molar-refractivity contribution in [3.05, 3.63) is 41.7 Å². The molecule has 2 heterocycles. The van der Waals surface area contributed by atoms with Gasteiger partial charge in [-0.3, -0.25) is 4.79 Å². The van der Waals surface area contributed by atoms with Crippen LogP contribution in [0.5, 0.6) is 0 Å². The first-order chi connectivity index (χ1) is 8.70. The van der Waals surface area contributed by atoms with E-state index in [9.17, 15) is 4.79 Å². The van der Waals surface area contributed by atoms with Crippen LogP contribution < -0.4 is 10.6 Å². The topological polar surface area (TPSA) is 79.8 Å². The summed E-state index contributed by atoms with van der Waals surface area (Å²) in [6.45, 7) is 1.87. The van der Waals surface area contributed by atoms with Crippen molar-refractivity contribution >= 4 is 17.5 Å². The van der Waals surface area contributed by atoms with Crippen LogP contribution in [-0.2, 0) is 0 Å². The van der Waals surface area contributed by atoms with Crippen molar-refractivity contribution in [1.29, 1.82) is 0 Å². The summed E-state index contributed by atoms with van der Waals surface area (Å²) in [7, 11) is 1.74. The van der Waals surface area contributed by atoms with Gasteiger partial charge in [0.25, 0.3) is 5.91 Å². The Bertz CT molecular complexity index is 553. The first-order valence-corrected chi connectivity index (χ1v) is 5.45. The number of rotatable bonds is 3. The molecule has 6 heteroatoms. The van der Waals surface area contributed by atoms with Gasteiger partial charge in [-0.15, -0.1) is 10.2 Å². The molecule has 0 aliphatic carbocycles. The fourth-order valence-electron chi connectivity index (χ4n) is 1.37. The highest BCUT2D eigenvalue weighted by Gasteiger charge is 2.10. The van der Waals surface area contributed by atoms with E-state index in [4.69, 9.17) is 0 Å². The van der Waals surface area contributed by atoms with Crippen molar-refractivity contribution in [3.63, 3.8) is 0 Å². The Morgan fingerprint density at radius 3 is 2.67 bits per heavy atom. The van der Waals surface area contributed by atoms with E-state index in [0.717, 1.165) is 5.56 Å². The van der Waals surface area contributed by atoms with Gasteiger partial charge in [0.2, 0.25) is 0 Å². The second-order valence-corrected chi connectivity index (χ2v) is 3.68. The molecule has 2 aromatic heterocycles. The van der Waals surface area contributed by atoms with E-state index in [0.29, 0.717) is 11.6 Å². The largest absolute Gasteiger partial charge is 0.372 e. The fraction of sp³-hybridized carbons (Fsp3) is 0.167. The van der Waals surface area contributed by atoms with E-state index in [1.54, 1.807) is 25.4 Å². The minimum atomic E-state index is -0.327. The standard InChI is InChI=1S/C12H13N5O/c1-8-4-3-7-14-11(8)15-12(18)9-5-6-10(13-2)17-16-9/h3-7H,1-2H3,(H,13,17)(H,14,15,18). The van der Waals surface area contributed by atoms with Crippen molar-refractivity contribution in [2.75, 3.05) is 17.7 Å². The molecule has 0 aliphatic heterocycles. The van der Waals surface area contributed by atoms with Gasteiger partial charge < -0.3 is 10.6 Å². The van der Waals surface area contributed by atoms with Crippen molar-refractivity contribution in [1.82, 2.24) is 15.2 Å². The number of aryl methyl sites for hydroxylation is 1. The summed E-state index contributed by atoms with van der Waals surface area (Å²) in [5.41, 5.74) is 1.14. The Balaban J connectivity index is 2.14. The first-order valence-electron chi connectivity index (χ1n) is 5.45. The third kappa shape index (κ3) is 2.60. The lowest BCUT2D eigenvalue weighted by Crippen LogP contribution is -2.16. The van der Waals surface area contributed by atoms with Crippen LogP contribution in [0.25, 0.3) is 0 Å². The van der Waals surface area contributed by atoms with Gasteiger partial charge in [-0.05, 0) is 30.7 Å². The molecule has 0 aromatic carbocycles. The van der Waals surface area contributed by atoms with E-state index in [2.05, 4.69) is 25.8 Å². The second-order valence-electron chi connectivity index (χ2n) is 3.68. The summed E-state index contributed by atoms with van der Waals surface area (Å²) in [5.74, 6) is 0.814. The average molecular weight is 243 g/mol. The quantitative estimate of drug-likeness (QED) is 0.853. The number of pyridine rings is 1. The van der Waals surface area contributed by atoms with Gasteiger partial charge in [0.1, 0.15) is 11.6 Å². The van der Waals surface area contributed by atoms with Crippen molar-refractivity contribution in [2.45, 2.75) is 6.92 Å². The molecule has 6 nitrogen and oxygen atoms in total. The van der Waals surface area contributed by atoms with Crippen LogP contribution in [0, 0.1) is 6.92 Å². The molecule has 0 spiro atoms. The molecule has 2 N–H and O–H groups in total. The van der Waals surface area contributed by atoms with Crippen LogP contribution in [0.3, 0.4) is 0 Å². The Labute approximate surface area is 104 Å². The van der Waals surface area contributed by atoms with Crippen LogP contribution in [0.2, 0.25) is 0 Å². The van der Waals surface area contributed by atoms with Crippen molar-refractivity contribution in [2.24, 2.45) is 0 Å². The summed E-state index contributed by atoms with van der Waals surface area (Å²) in [6, 6.07) is 6.98. The number of amides is 1. The van der Waals surface area contributed by atoms with Gasteiger partial charge in [-0.1, -0.05) is 6.07 Å². The van der Waals surface area contributed by atoms with E-state index in [1.807, 2.05) is 19.1 Å². The number of anilines is 2. The van der Waals surface area contributed by atoms with Gasteiger partial charge in [-0.2, -0.15) is 0 Å². The normalized spacial score (nSPS) is 9.89. The van der Waals surface area contributed by atoms with Gasteiger partial charge in [-0.25, -0.2) is 4.98 Å². The summed E-state index contributed by atoms with van der Waals surface area (Å²) in [4.78, 5) is 16.0. The Morgan fingerprint density at radius 1 is 1.22 bits per heavy atom. The summed E-state index contributed by atoms with van der Waals surface area (Å²) in [5, 5.41) is 13.2. The van der Waals surface area contributed by atoms with Crippen molar-refractivity contribution < 1.29 is 4.79 Å². The van der Waals surface area contributed by atoms with E-state index >= 15 is 0 Å². The number of hydrogen-bond acceptors (Lipinski definition) is 5. The molecule has 0 fully saturated rings. The molecule has 1 amide bonds. The predicted octanol–water partition coefficient (Wildman–Crippen LogP) is 1.47.